The van der Waals surface area contributed by atoms with E-state index in [4.69, 9.17) is 10.5 Å². The fourth-order valence-electron chi connectivity index (χ4n) is 1.59. The number of nitrogens with zero attached hydrogens (tertiary/aromatic N) is 1. The van der Waals surface area contributed by atoms with Crippen molar-refractivity contribution in [1.29, 1.82) is 0 Å². The molecule has 3 nitrogen and oxygen atoms in total. The van der Waals surface area contributed by atoms with Gasteiger partial charge in [0.05, 0.1) is 11.8 Å². The van der Waals surface area contributed by atoms with Crippen LogP contribution in [0.2, 0.25) is 0 Å². The van der Waals surface area contributed by atoms with Crippen molar-refractivity contribution in [1.82, 2.24) is 4.98 Å². The molecule has 0 saturated heterocycles. The maximum atomic E-state index is 13.0. The number of hydrogen-bond donors (Lipinski definition) is 1. The Morgan fingerprint density at radius 1 is 1.20 bits per heavy atom. The van der Waals surface area contributed by atoms with E-state index in [1.54, 1.807) is 0 Å². The SMILES string of the molecule is NCc1ccc(Oc2cncc(Br)c2)c(C(F)(F)F)c1. The Balaban J connectivity index is 2.41. The summed E-state index contributed by atoms with van der Waals surface area (Å²) in [6.45, 7) is 0.0296. The van der Waals surface area contributed by atoms with Crippen LogP contribution in [-0.4, -0.2) is 4.98 Å². The molecule has 0 fully saturated rings. The van der Waals surface area contributed by atoms with Crippen molar-refractivity contribution < 1.29 is 17.9 Å². The van der Waals surface area contributed by atoms with E-state index in [2.05, 4.69) is 20.9 Å². The van der Waals surface area contributed by atoms with Gasteiger partial charge in [0.25, 0.3) is 0 Å². The third-order valence-electron chi connectivity index (χ3n) is 2.49. The van der Waals surface area contributed by atoms with E-state index < -0.39 is 11.7 Å². The number of hydrogen-bond acceptors (Lipinski definition) is 3. The summed E-state index contributed by atoms with van der Waals surface area (Å²) >= 11 is 3.18. The Bertz CT molecular complexity index is 617. The second kappa shape index (κ2) is 5.80. The van der Waals surface area contributed by atoms with Gasteiger partial charge >= 0.3 is 6.18 Å². The average Bonchev–Trinajstić information content (AvgIpc) is 2.38. The number of ether oxygens (including phenoxy) is 1. The summed E-state index contributed by atoms with van der Waals surface area (Å²) in [6, 6.07) is 5.27. The van der Waals surface area contributed by atoms with E-state index in [0.29, 0.717) is 10.0 Å². The highest BCUT2D eigenvalue weighted by Crippen LogP contribution is 2.38. The molecule has 1 heterocycles. The highest BCUT2D eigenvalue weighted by molar-refractivity contribution is 9.10. The maximum Gasteiger partial charge on any atom is 0.419 e. The molecule has 2 rings (SSSR count). The Kier molecular flexibility index (Phi) is 4.29. The van der Waals surface area contributed by atoms with Crippen LogP contribution in [0, 0.1) is 0 Å². The third-order valence-corrected chi connectivity index (χ3v) is 2.93. The van der Waals surface area contributed by atoms with Crippen molar-refractivity contribution in [2.45, 2.75) is 12.7 Å². The molecule has 0 aliphatic carbocycles. The lowest BCUT2D eigenvalue weighted by molar-refractivity contribution is -0.138. The van der Waals surface area contributed by atoms with Gasteiger partial charge in [0, 0.05) is 17.2 Å². The molecule has 0 aliphatic rings. The monoisotopic (exact) mass is 346 g/mol. The molecule has 0 saturated carbocycles. The van der Waals surface area contributed by atoms with Gasteiger partial charge in [-0.1, -0.05) is 6.07 Å². The summed E-state index contributed by atoms with van der Waals surface area (Å²) < 4.78 is 44.9. The van der Waals surface area contributed by atoms with Crippen LogP contribution in [0.3, 0.4) is 0 Å². The third kappa shape index (κ3) is 3.49. The van der Waals surface area contributed by atoms with E-state index in [9.17, 15) is 13.2 Å². The zero-order valence-corrected chi connectivity index (χ0v) is 11.7. The van der Waals surface area contributed by atoms with Crippen LogP contribution in [0.15, 0.2) is 41.1 Å². The molecule has 0 radical (unpaired) electrons. The Hall–Kier alpha value is -1.60. The first kappa shape index (κ1) is 14.8. The van der Waals surface area contributed by atoms with Crippen molar-refractivity contribution >= 4 is 15.9 Å². The number of nitrogens with two attached hydrogens (primary N) is 1. The van der Waals surface area contributed by atoms with Gasteiger partial charge < -0.3 is 10.5 Å². The minimum atomic E-state index is -4.51. The fraction of sp³-hybridized carbons (Fsp3) is 0.154. The molecule has 0 spiro atoms. The van der Waals surface area contributed by atoms with Crippen molar-refractivity contribution in [3.05, 3.63) is 52.3 Å². The molecule has 20 heavy (non-hydrogen) atoms. The molecule has 2 aromatic rings. The van der Waals surface area contributed by atoms with E-state index in [1.165, 1.54) is 30.6 Å². The molecule has 1 aromatic heterocycles. The lowest BCUT2D eigenvalue weighted by Crippen LogP contribution is -2.09. The van der Waals surface area contributed by atoms with Gasteiger partial charge in [-0.25, -0.2) is 0 Å². The maximum absolute atomic E-state index is 13.0. The Labute approximate surface area is 121 Å². The topological polar surface area (TPSA) is 48.1 Å². The van der Waals surface area contributed by atoms with Crippen molar-refractivity contribution in [2.24, 2.45) is 5.73 Å². The minimum Gasteiger partial charge on any atom is -0.455 e. The molecule has 0 unspecified atom stereocenters. The highest BCUT2D eigenvalue weighted by Gasteiger charge is 2.34. The first-order chi connectivity index (χ1) is 9.40. The fourth-order valence-corrected chi connectivity index (χ4v) is 1.93. The van der Waals surface area contributed by atoms with Crippen LogP contribution in [0.5, 0.6) is 11.5 Å². The quantitative estimate of drug-likeness (QED) is 0.909. The van der Waals surface area contributed by atoms with Gasteiger partial charge in [0.15, 0.2) is 0 Å². The predicted octanol–water partition coefficient (Wildman–Crippen LogP) is 4.11. The molecular weight excluding hydrogens is 337 g/mol. The van der Waals surface area contributed by atoms with Crippen LogP contribution in [0.25, 0.3) is 0 Å². The molecule has 0 amide bonds. The van der Waals surface area contributed by atoms with Crippen molar-refractivity contribution in [2.75, 3.05) is 0 Å². The summed E-state index contributed by atoms with van der Waals surface area (Å²) in [5, 5.41) is 0. The molecule has 0 atom stereocenters. The van der Waals surface area contributed by atoms with Gasteiger partial charge in [-0.05, 0) is 39.7 Å². The molecule has 1 aromatic carbocycles. The van der Waals surface area contributed by atoms with Crippen molar-refractivity contribution in [3.63, 3.8) is 0 Å². The molecule has 7 heteroatoms. The molecular formula is C13H10BrF3N2O. The van der Waals surface area contributed by atoms with Gasteiger partial charge in [0.2, 0.25) is 0 Å². The molecule has 0 aliphatic heterocycles. The number of benzene rings is 1. The summed E-state index contributed by atoms with van der Waals surface area (Å²) in [6.07, 6.45) is -1.67. The van der Waals surface area contributed by atoms with Gasteiger partial charge in [-0.15, -0.1) is 0 Å². The number of halogens is 4. The van der Waals surface area contributed by atoms with E-state index in [-0.39, 0.29) is 18.0 Å². The first-order valence-corrected chi connectivity index (χ1v) is 6.38. The van der Waals surface area contributed by atoms with Crippen LogP contribution >= 0.6 is 15.9 Å². The average molecular weight is 347 g/mol. The minimum absolute atomic E-state index is 0.0296. The van der Waals surface area contributed by atoms with Crippen LogP contribution < -0.4 is 10.5 Å². The molecule has 2 N–H and O–H groups in total. The smallest absolute Gasteiger partial charge is 0.419 e. The zero-order chi connectivity index (χ0) is 14.8. The second-order valence-corrected chi connectivity index (χ2v) is 4.89. The Morgan fingerprint density at radius 3 is 2.55 bits per heavy atom. The molecule has 0 bridgehead atoms. The highest BCUT2D eigenvalue weighted by atomic mass is 79.9. The summed E-state index contributed by atoms with van der Waals surface area (Å²) in [7, 11) is 0. The normalized spacial score (nSPS) is 11.4. The zero-order valence-electron chi connectivity index (χ0n) is 10.1. The first-order valence-electron chi connectivity index (χ1n) is 5.59. The van der Waals surface area contributed by atoms with E-state index in [0.717, 1.165) is 6.07 Å². The predicted molar refractivity (Wildman–Crippen MR) is 71.3 cm³/mol. The molecule has 106 valence electrons. The van der Waals surface area contributed by atoms with Crippen molar-refractivity contribution in [3.8, 4) is 11.5 Å². The van der Waals surface area contributed by atoms with Crippen LogP contribution in [-0.2, 0) is 12.7 Å². The van der Waals surface area contributed by atoms with Crippen LogP contribution in [0.1, 0.15) is 11.1 Å². The second-order valence-electron chi connectivity index (χ2n) is 3.97. The number of rotatable bonds is 3. The number of pyridine rings is 1. The van der Waals surface area contributed by atoms with Gasteiger partial charge in [0.1, 0.15) is 11.5 Å². The van der Waals surface area contributed by atoms with E-state index in [1.807, 2.05) is 0 Å². The summed E-state index contributed by atoms with van der Waals surface area (Å²) in [4.78, 5) is 3.83. The van der Waals surface area contributed by atoms with Crippen LogP contribution in [0.4, 0.5) is 13.2 Å². The lowest BCUT2D eigenvalue weighted by atomic mass is 10.1. The lowest BCUT2D eigenvalue weighted by Gasteiger charge is -2.14. The largest absolute Gasteiger partial charge is 0.455 e. The van der Waals surface area contributed by atoms with Gasteiger partial charge in [-0.3, -0.25) is 4.98 Å². The summed E-state index contributed by atoms with van der Waals surface area (Å²) in [5.41, 5.74) is 4.89. The standard InChI is InChI=1S/C13H10BrF3N2O/c14-9-4-10(7-19-6-9)20-12-2-1-8(5-18)3-11(12)13(15,16)17/h1-4,6-7H,5,18H2. The van der Waals surface area contributed by atoms with E-state index >= 15 is 0 Å². The summed E-state index contributed by atoms with van der Waals surface area (Å²) in [5.74, 6) is -0.0695. The van der Waals surface area contributed by atoms with Gasteiger partial charge in [-0.2, -0.15) is 13.2 Å². The number of alkyl halides is 3. The number of aromatic nitrogens is 1. The Morgan fingerprint density at radius 2 is 1.95 bits per heavy atom.